The van der Waals surface area contributed by atoms with Crippen molar-refractivity contribution in [1.82, 2.24) is 0 Å². The number of furan rings is 1. The van der Waals surface area contributed by atoms with Crippen LogP contribution in [0.4, 0.5) is 0 Å². The number of thioether (sulfide) groups is 1. The summed E-state index contributed by atoms with van der Waals surface area (Å²) in [7, 11) is 0. The van der Waals surface area contributed by atoms with Crippen molar-refractivity contribution >= 4 is 17.7 Å². The molecule has 0 aliphatic rings. The van der Waals surface area contributed by atoms with Gasteiger partial charge < -0.3 is 9.15 Å². The second kappa shape index (κ2) is 6.54. The molecule has 0 aromatic carbocycles. The minimum absolute atomic E-state index is 0.265. The Balaban J connectivity index is 2.10. The third-order valence-electron chi connectivity index (χ3n) is 1.64. The van der Waals surface area contributed by atoms with E-state index in [0.29, 0.717) is 5.94 Å². The molecule has 1 rings (SSSR count). The molecule has 1 aromatic rings. The standard InChI is InChI=1S/C10H14O3S/c1-2-3-7-14-8-13-10(11)9-5-4-6-12-9/h4-6H,2-3,7-8H2,1H3. The molecule has 0 radical (unpaired) electrons. The molecule has 0 N–H and O–H groups in total. The fourth-order valence-electron chi connectivity index (χ4n) is 0.866. The summed E-state index contributed by atoms with van der Waals surface area (Å²) in [5.74, 6) is 1.31. The van der Waals surface area contributed by atoms with Gasteiger partial charge in [0.1, 0.15) is 5.94 Å². The van der Waals surface area contributed by atoms with Crippen LogP contribution in [-0.4, -0.2) is 17.7 Å². The zero-order chi connectivity index (χ0) is 10.2. The molecular formula is C10H14O3S. The SMILES string of the molecule is CCCCSCOC(=O)c1ccco1. The van der Waals surface area contributed by atoms with Gasteiger partial charge in [-0.1, -0.05) is 13.3 Å². The highest BCUT2D eigenvalue weighted by molar-refractivity contribution is 7.99. The zero-order valence-corrected chi connectivity index (χ0v) is 9.01. The van der Waals surface area contributed by atoms with Crippen LogP contribution in [0, 0.1) is 0 Å². The van der Waals surface area contributed by atoms with Crippen LogP contribution in [0.25, 0.3) is 0 Å². The third kappa shape index (κ3) is 3.87. The van der Waals surface area contributed by atoms with Gasteiger partial charge in [-0.3, -0.25) is 0 Å². The summed E-state index contributed by atoms with van der Waals surface area (Å²) in [6.07, 6.45) is 3.78. The minimum Gasteiger partial charge on any atom is -0.457 e. The van der Waals surface area contributed by atoms with Gasteiger partial charge in [-0.25, -0.2) is 4.79 Å². The Kier molecular flexibility index (Phi) is 5.22. The first-order chi connectivity index (χ1) is 6.84. The van der Waals surface area contributed by atoms with Crippen LogP contribution in [0.5, 0.6) is 0 Å². The lowest BCUT2D eigenvalue weighted by Gasteiger charge is -2.01. The summed E-state index contributed by atoms with van der Waals surface area (Å²) in [5, 5.41) is 0. The number of unbranched alkanes of at least 4 members (excludes halogenated alkanes) is 1. The van der Waals surface area contributed by atoms with E-state index in [1.54, 1.807) is 23.9 Å². The molecule has 0 saturated heterocycles. The average molecular weight is 214 g/mol. The number of hydrogen-bond acceptors (Lipinski definition) is 4. The van der Waals surface area contributed by atoms with Gasteiger partial charge in [-0.05, 0) is 24.3 Å². The number of carbonyl (C=O) groups is 1. The molecule has 14 heavy (non-hydrogen) atoms. The maximum atomic E-state index is 11.2. The topological polar surface area (TPSA) is 39.4 Å². The van der Waals surface area contributed by atoms with Gasteiger partial charge in [0.05, 0.1) is 6.26 Å². The summed E-state index contributed by atoms with van der Waals surface area (Å²) in [6.45, 7) is 2.13. The molecule has 0 fully saturated rings. The first kappa shape index (κ1) is 11.2. The molecule has 0 saturated carbocycles. The van der Waals surface area contributed by atoms with Crippen molar-refractivity contribution in [3.8, 4) is 0 Å². The number of rotatable bonds is 6. The zero-order valence-electron chi connectivity index (χ0n) is 8.19. The smallest absolute Gasteiger partial charge is 0.375 e. The molecule has 0 bridgehead atoms. The molecule has 1 aromatic heterocycles. The van der Waals surface area contributed by atoms with Crippen LogP contribution in [0.1, 0.15) is 30.3 Å². The van der Waals surface area contributed by atoms with Crippen molar-refractivity contribution < 1.29 is 13.9 Å². The second-order valence-corrected chi connectivity index (χ2v) is 3.84. The molecular weight excluding hydrogens is 200 g/mol. The average Bonchev–Trinajstić information content (AvgIpc) is 2.70. The number of hydrogen-bond donors (Lipinski definition) is 0. The van der Waals surface area contributed by atoms with E-state index in [-0.39, 0.29) is 11.7 Å². The van der Waals surface area contributed by atoms with E-state index in [1.807, 2.05) is 0 Å². The minimum atomic E-state index is -0.390. The molecule has 4 heteroatoms. The molecule has 78 valence electrons. The monoisotopic (exact) mass is 214 g/mol. The van der Waals surface area contributed by atoms with Gasteiger partial charge in [-0.15, -0.1) is 11.8 Å². The molecule has 0 aliphatic carbocycles. The number of ether oxygens (including phenoxy) is 1. The fraction of sp³-hybridized carbons (Fsp3) is 0.500. The quantitative estimate of drug-likeness (QED) is 0.414. The predicted molar refractivity (Wildman–Crippen MR) is 56.4 cm³/mol. The Hall–Kier alpha value is -0.900. The molecule has 0 spiro atoms. The maximum Gasteiger partial charge on any atom is 0.375 e. The van der Waals surface area contributed by atoms with Crippen LogP contribution < -0.4 is 0 Å². The van der Waals surface area contributed by atoms with Crippen molar-refractivity contribution in [3.05, 3.63) is 24.2 Å². The van der Waals surface area contributed by atoms with E-state index < -0.39 is 0 Å². The normalized spacial score (nSPS) is 10.1. The largest absolute Gasteiger partial charge is 0.457 e. The van der Waals surface area contributed by atoms with Crippen LogP contribution in [0.15, 0.2) is 22.8 Å². The lowest BCUT2D eigenvalue weighted by molar-refractivity contribution is 0.0543. The molecule has 0 atom stereocenters. The Morgan fingerprint density at radius 1 is 1.64 bits per heavy atom. The molecule has 1 heterocycles. The summed E-state index contributed by atoms with van der Waals surface area (Å²) in [6, 6.07) is 3.26. The number of carbonyl (C=O) groups excluding carboxylic acids is 1. The van der Waals surface area contributed by atoms with Crippen molar-refractivity contribution in [1.29, 1.82) is 0 Å². The van der Waals surface area contributed by atoms with Crippen molar-refractivity contribution in [2.45, 2.75) is 19.8 Å². The summed E-state index contributed by atoms with van der Waals surface area (Å²) < 4.78 is 9.85. The highest BCUT2D eigenvalue weighted by atomic mass is 32.2. The first-order valence-electron chi connectivity index (χ1n) is 4.63. The lowest BCUT2D eigenvalue weighted by atomic mass is 10.4. The van der Waals surface area contributed by atoms with Crippen LogP contribution in [0.3, 0.4) is 0 Å². The van der Waals surface area contributed by atoms with E-state index in [9.17, 15) is 4.79 Å². The van der Waals surface area contributed by atoms with Gasteiger partial charge in [0.15, 0.2) is 0 Å². The highest BCUT2D eigenvalue weighted by Gasteiger charge is 2.08. The van der Waals surface area contributed by atoms with Crippen LogP contribution in [-0.2, 0) is 4.74 Å². The van der Waals surface area contributed by atoms with E-state index in [1.165, 1.54) is 12.7 Å². The highest BCUT2D eigenvalue weighted by Crippen LogP contribution is 2.08. The Labute approximate surface area is 87.8 Å². The molecule has 0 amide bonds. The van der Waals surface area contributed by atoms with Gasteiger partial charge in [0.25, 0.3) is 0 Å². The van der Waals surface area contributed by atoms with Crippen molar-refractivity contribution in [2.24, 2.45) is 0 Å². The van der Waals surface area contributed by atoms with E-state index in [0.717, 1.165) is 12.2 Å². The van der Waals surface area contributed by atoms with Crippen LogP contribution in [0.2, 0.25) is 0 Å². The Morgan fingerprint density at radius 3 is 3.14 bits per heavy atom. The summed E-state index contributed by atoms with van der Waals surface area (Å²) in [4.78, 5) is 11.2. The van der Waals surface area contributed by atoms with Gasteiger partial charge in [-0.2, -0.15) is 0 Å². The number of esters is 1. The Morgan fingerprint density at radius 2 is 2.50 bits per heavy atom. The van der Waals surface area contributed by atoms with E-state index in [4.69, 9.17) is 9.15 Å². The third-order valence-corrected chi connectivity index (χ3v) is 2.50. The molecule has 0 unspecified atom stereocenters. The van der Waals surface area contributed by atoms with Crippen molar-refractivity contribution in [2.75, 3.05) is 11.7 Å². The predicted octanol–water partition coefficient (Wildman–Crippen LogP) is 2.93. The molecule has 0 aliphatic heterocycles. The van der Waals surface area contributed by atoms with E-state index in [2.05, 4.69) is 6.92 Å². The van der Waals surface area contributed by atoms with E-state index >= 15 is 0 Å². The maximum absolute atomic E-state index is 11.2. The summed E-state index contributed by atoms with van der Waals surface area (Å²) in [5.41, 5.74) is 0. The lowest BCUT2D eigenvalue weighted by Crippen LogP contribution is -2.03. The van der Waals surface area contributed by atoms with Crippen molar-refractivity contribution in [3.63, 3.8) is 0 Å². The Bertz CT molecular complexity index is 256. The van der Waals surface area contributed by atoms with Gasteiger partial charge >= 0.3 is 5.97 Å². The van der Waals surface area contributed by atoms with Crippen LogP contribution >= 0.6 is 11.8 Å². The second-order valence-electron chi connectivity index (χ2n) is 2.79. The van der Waals surface area contributed by atoms with Gasteiger partial charge in [0.2, 0.25) is 5.76 Å². The summed E-state index contributed by atoms with van der Waals surface area (Å²) >= 11 is 1.62. The first-order valence-corrected chi connectivity index (χ1v) is 5.78. The van der Waals surface area contributed by atoms with Gasteiger partial charge in [0, 0.05) is 0 Å². The molecule has 3 nitrogen and oxygen atoms in total. The fourth-order valence-corrected chi connectivity index (χ4v) is 1.67.